The fraction of sp³-hybridized carbons (Fsp3) is 0.800. The van der Waals surface area contributed by atoms with Gasteiger partial charge in [-0.15, -0.1) is 0 Å². The van der Waals surface area contributed by atoms with E-state index in [2.05, 4.69) is 10.2 Å². The zero-order chi connectivity index (χ0) is 7.40. The van der Waals surface area contributed by atoms with Crippen molar-refractivity contribution in [2.24, 2.45) is 0 Å². The van der Waals surface area contributed by atoms with Crippen molar-refractivity contribution in [2.45, 2.75) is 0 Å². The van der Waals surface area contributed by atoms with Gasteiger partial charge in [0.25, 0.3) is 0 Å². The maximum Gasteiger partial charge on any atom is 0.321 e. The van der Waals surface area contributed by atoms with Gasteiger partial charge in [0.2, 0.25) is 0 Å². The van der Waals surface area contributed by atoms with Crippen molar-refractivity contribution in [1.29, 1.82) is 0 Å². The van der Waals surface area contributed by atoms with Crippen LogP contribution in [0.5, 0.6) is 0 Å². The molecule has 1 N–H and O–H groups in total. The summed E-state index contributed by atoms with van der Waals surface area (Å²) < 4.78 is 9.35. The van der Waals surface area contributed by atoms with Gasteiger partial charge in [-0.2, -0.15) is 0 Å². The molecule has 0 aromatic rings. The van der Waals surface area contributed by atoms with Crippen LogP contribution in [0.25, 0.3) is 0 Å². The monoisotopic (exact) mass is 146 g/mol. The average molecular weight is 146 g/mol. The van der Waals surface area contributed by atoms with E-state index < -0.39 is 0 Å². The van der Waals surface area contributed by atoms with E-state index in [1.807, 2.05) is 0 Å². The molecule has 1 aliphatic rings. The molecule has 1 rings (SSSR count). The van der Waals surface area contributed by atoms with Crippen molar-refractivity contribution in [1.82, 2.24) is 10.4 Å². The third kappa shape index (κ3) is 1.94. The summed E-state index contributed by atoms with van der Waals surface area (Å²) in [7, 11) is 1.36. The van der Waals surface area contributed by atoms with Gasteiger partial charge in [0, 0.05) is 0 Å². The normalized spacial score (nSPS) is 19.3. The molecule has 0 aromatic carbocycles. The van der Waals surface area contributed by atoms with E-state index in [9.17, 15) is 4.79 Å². The van der Waals surface area contributed by atoms with Gasteiger partial charge >= 0.3 is 5.97 Å². The van der Waals surface area contributed by atoms with Crippen LogP contribution in [0.15, 0.2) is 0 Å². The predicted molar refractivity (Wildman–Crippen MR) is 32.7 cm³/mol. The number of rotatable bonds is 2. The smallest absolute Gasteiger partial charge is 0.321 e. The molecule has 1 heterocycles. The number of esters is 1. The number of nitrogens with one attached hydrogen (secondary N) is 1. The molecule has 0 amide bonds. The van der Waals surface area contributed by atoms with E-state index in [4.69, 9.17) is 4.74 Å². The van der Waals surface area contributed by atoms with Crippen molar-refractivity contribution in [3.05, 3.63) is 0 Å². The Hall–Kier alpha value is -0.650. The molecular formula is C5H10N2O3. The minimum Gasteiger partial charge on any atom is -0.468 e. The van der Waals surface area contributed by atoms with Gasteiger partial charge < -0.3 is 9.47 Å². The van der Waals surface area contributed by atoms with Gasteiger partial charge in [0.1, 0.15) is 20.0 Å². The van der Waals surface area contributed by atoms with Crippen molar-refractivity contribution in [3.8, 4) is 0 Å². The summed E-state index contributed by atoms with van der Waals surface area (Å²) in [5, 5.41) is 1.64. The number of hydrogen-bond acceptors (Lipinski definition) is 5. The standard InChI is InChI=1S/C5H10N2O3/c1-9-5(8)2-7-4-10-3-6-7/h6H,2-4H2,1H3. The second-order valence-electron chi connectivity index (χ2n) is 1.91. The zero-order valence-electron chi connectivity index (χ0n) is 5.79. The number of carbonyl (C=O) groups is 1. The van der Waals surface area contributed by atoms with Crippen molar-refractivity contribution in [3.63, 3.8) is 0 Å². The van der Waals surface area contributed by atoms with Crippen LogP contribution in [0.2, 0.25) is 0 Å². The largest absolute Gasteiger partial charge is 0.468 e. The Morgan fingerprint density at radius 3 is 3.20 bits per heavy atom. The third-order valence-corrected chi connectivity index (χ3v) is 1.18. The van der Waals surface area contributed by atoms with Gasteiger partial charge in [-0.1, -0.05) is 0 Å². The SMILES string of the molecule is COC(=O)CN1COCN1. The first-order valence-electron chi connectivity index (χ1n) is 2.96. The van der Waals surface area contributed by atoms with E-state index in [0.717, 1.165) is 0 Å². The lowest BCUT2D eigenvalue weighted by molar-refractivity contribution is -0.142. The topological polar surface area (TPSA) is 50.8 Å². The van der Waals surface area contributed by atoms with E-state index in [1.54, 1.807) is 5.01 Å². The summed E-state index contributed by atoms with van der Waals surface area (Å²) in [5.74, 6) is -0.266. The first-order chi connectivity index (χ1) is 4.83. The minimum atomic E-state index is -0.266. The fourth-order valence-corrected chi connectivity index (χ4v) is 0.660. The van der Waals surface area contributed by atoms with Crippen LogP contribution in [-0.2, 0) is 14.3 Å². The summed E-state index contributed by atoms with van der Waals surface area (Å²) in [6, 6.07) is 0. The molecule has 1 fully saturated rings. The molecule has 0 saturated carbocycles. The van der Waals surface area contributed by atoms with E-state index in [0.29, 0.717) is 13.5 Å². The Labute approximate surface area is 58.9 Å². The maximum absolute atomic E-state index is 10.6. The van der Waals surface area contributed by atoms with Crippen LogP contribution in [-0.4, -0.2) is 38.1 Å². The highest BCUT2D eigenvalue weighted by Gasteiger charge is 2.14. The van der Waals surface area contributed by atoms with Crippen LogP contribution in [0, 0.1) is 0 Å². The van der Waals surface area contributed by atoms with Gasteiger partial charge in [-0.3, -0.25) is 4.79 Å². The van der Waals surface area contributed by atoms with E-state index in [-0.39, 0.29) is 12.5 Å². The number of hydrogen-bond donors (Lipinski definition) is 1. The van der Waals surface area contributed by atoms with Gasteiger partial charge in [0.05, 0.1) is 7.11 Å². The van der Waals surface area contributed by atoms with E-state index >= 15 is 0 Å². The third-order valence-electron chi connectivity index (χ3n) is 1.18. The lowest BCUT2D eigenvalue weighted by Crippen LogP contribution is -2.35. The van der Waals surface area contributed by atoms with Crippen LogP contribution in [0.3, 0.4) is 0 Å². The first-order valence-corrected chi connectivity index (χ1v) is 2.96. The number of methoxy groups -OCH3 is 1. The molecule has 1 saturated heterocycles. The average Bonchev–Trinajstić information content (AvgIpc) is 2.40. The lowest BCUT2D eigenvalue weighted by atomic mass is 10.6. The fourth-order valence-electron chi connectivity index (χ4n) is 0.660. The second kappa shape index (κ2) is 3.50. The number of hydrazine groups is 1. The number of ether oxygens (including phenoxy) is 2. The summed E-state index contributed by atoms with van der Waals surface area (Å²) >= 11 is 0. The summed E-state index contributed by atoms with van der Waals surface area (Å²) in [6.07, 6.45) is 0. The molecule has 0 bridgehead atoms. The van der Waals surface area contributed by atoms with Gasteiger partial charge in [-0.05, 0) is 0 Å². The Morgan fingerprint density at radius 2 is 2.70 bits per heavy atom. The van der Waals surface area contributed by atoms with Crippen LogP contribution >= 0.6 is 0 Å². The second-order valence-corrected chi connectivity index (χ2v) is 1.91. The number of nitrogens with zero attached hydrogens (tertiary/aromatic N) is 1. The Morgan fingerprint density at radius 1 is 1.90 bits per heavy atom. The molecule has 58 valence electrons. The molecule has 1 aliphatic heterocycles. The number of carbonyl (C=O) groups excluding carboxylic acids is 1. The Bertz CT molecular complexity index is 122. The molecule has 5 heteroatoms. The molecule has 0 unspecified atom stereocenters. The molecule has 0 atom stereocenters. The first kappa shape index (κ1) is 7.46. The zero-order valence-corrected chi connectivity index (χ0v) is 5.79. The molecule has 0 aromatic heterocycles. The van der Waals surface area contributed by atoms with E-state index in [1.165, 1.54) is 7.11 Å². The quantitative estimate of drug-likeness (QED) is 0.502. The highest BCUT2D eigenvalue weighted by Crippen LogP contribution is 1.91. The van der Waals surface area contributed by atoms with Gasteiger partial charge in [-0.25, -0.2) is 10.4 Å². The highest BCUT2D eigenvalue weighted by atomic mass is 16.5. The van der Waals surface area contributed by atoms with Gasteiger partial charge in [0.15, 0.2) is 0 Å². The molecule has 0 aliphatic carbocycles. The molecule has 0 spiro atoms. The van der Waals surface area contributed by atoms with Crippen molar-refractivity contribution >= 4 is 5.97 Å². The minimum absolute atomic E-state index is 0.233. The van der Waals surface area contributed by atoms with Crippen molar-refractivity contribution < 1.29 is 14.3 Å². The predicted octanol–water partition coefficient (Wildman–Crippen LogP) is -1.09. The molecule has 0 radical (unpaired) electrons. The Kier molecular flexibility index (Phi) is 2.61. The molecular weight excluding hydrogens is 136 g/mol. The summed E-state index contributed by atoms with van der Waals surface area (Å²) in [6.45, 7) is 1.14. The maximum atomic E-state index is 10.6. The lowest BCUT2D eigenvalue weighted by Gasteiger charge is -2.09. The Balaban J connectivity index is 2.17. The van der Waals surface area contributed by atoms with Crippen LogP contribution in [0.1, 0.15) is 0 Å². The summed E-state index contributed by atoms with van der Waals surface area (Å²) in [4.78, 5) is 10.6. The summed E-state index contributed by atoms with van der Waals surface area (Å²) in [5.41, 5.74) is 2.83. The molecule has 5 nitrogen and oxygen atoms in total. The highest BCUT2D eigenvalue weighted by molar-refractivity contribution is 5.71. The van der Waals surface area contributed by atoms with Crippen LogP contribution < -0.4 is 5.43 Å². The van der Waals surface area contributed by atoms with Crippen molar-refractivity contribution in [2.75, 3.05) is 27.1 Å². The molecule has 10 heavy (non-hydrogen) atoms. The van der Waals surface area contributed by atoms with Crippen LogP contribution in [0.4, 0.5) is 0 Å².